The molecular formula is C20H17F4N5O6. The fourth-order valence-electron chi connectivity index (χ4n) is 2.90. The standard InChI is InChI=1S/C20H17F4N5O6/c1-9(18(31)33-3)34-17-14(7-26-8-27-17)35-13-5-12(10(21)4-11(13)25)29-16(30)6-15(20(22,23)24)28(2)19(29)32/h4-9H,25H2,1-3H3. The van der Waals surface area contributed by atoms with Crippen LogP contribution >= 0.6 is 0 Å². The maximum absolute atomic E-state index is 14.7. The lowest BCUT2D eigenvalue weighted by Crippen LogP contribution is -2.41. The quantitative estimate of drug-likeness (QED) is 0.305. The lowest BCUT2D eigenvalue weighted by Gasteiger charge is -2.17. The van der Waals surface area contributed by atoms with Gasteiger partial charge in [0.1, 0.15) is 17.8 Å². The fourth-order valence-corrected chi connectivity index (χ4v) is 2.90. The van der Waals surface area contributed by atoms with Crippen molar-refractivity contribution in [2.75, 3.05) is 12.8 Å². The normalized spacial score (nSPS) is 12.2. The third-order valence-corrected chi connectivity index (χ3v) is 4.62. The van der Waals surface area contributed by atoms with Crippen molar-refractivity contribution in [3.05, 3.63) is 63.1 Å². The second-order valence-corrected chi connectivity index (χ2v) is 6.96. The zero-order valence-electron chi connectivity index (χ0n) is 18.3. The van der Waals surface area contributed by atoms with Crippen LogP contribution in [-0.2, 0) is 22.8 Å². The van der Waals surface area contributed by atoms with Crippen molar-refractivity contribution in [2.45, 2.75) is 19.2 Å². The number of esters is 1. The monoisotopic (exact) mass is 499 g/mol. The molecule has 0 aliphatic heterocycles. The largest absolute Gasteiger partial charge is 0.466 e. The van der Waals surface area contributed by atoms with Crippen molar-refractivity contribution >= 4 is 11.7 Å². The van der Waals surface area contributed by atoms with Crippen molar-refractivity contribution in [3.8, 4) is 23.1 Å². The van der Waals surface area contributed by atoms with E-state index in [-0.39, 0.29) is 38.3 Å². The van der Waals surface area contributed by atoms with Crippen molar-refractivity contribution in [1.29, 1.82) is 0 Å². The molecule has 0 radical (unpaired) electrons. The van der Waals surface area contributed by atoms with E-state index in [0.717, 1.165) is 32.7 Å². The molecule has 0 aliphatic rings. The Kier molecular flexibility index (Phi) is 6.79. The topological polar surface area (TPSA) is 141 Å². The number of halogens is 4. The molecule has 3 aromatic rings. The lowest BCUT2D eigenvalue weighted by molar-refractivity contribution is -0.148. The number of nitrogens with zero attached hydrogens (tertiary/aromatic N) is 4. The molecule has 3 rings (SSSR count). The summed E-state index contributed by atoms with van der Waals surface area (Å²) in [4.78, 5) is 44.1. The Morgan fingerprint density at radius 1 is 1.17 bits per heavy atom. The molecule has 1 aromatic carbocycles. The summed E-state index contributed by atoms with van der Waals surface area (Å²) in [7, 11) is 1.93. The van der Waals surface area contributed by atoms with Crippen LogP contribution in [0.4, 0.5) is 23.2 Å². The Morgan fingerprint density at radius 3 is 2.49 bits per heavy atom. The van der Waals surface area contributed by atoms with Gasteiger partial charge in [-0.15, -0.1) is 0 Å². The average Bonchev–Trinajstić information content (AvgIpc) is 2.78. The summed E-state index contributed by atoms with van der Waals surface area (Å²) in [6.07, 6.45) is -3.90. The SMILES string of the molecule is COC(=O)C(C)Oc1ncncc1Oc1cc(-n2c(=O)cc(C(F)(F)F)n(C)c2=O)c(F)cc1N. The molecular weight excluding hydrogens is 482 g/mol. The Balaban J connectivity index is 2.09. The van der Waals surface area contributed by atoms with Crippen LogP contribution in [0.2, 0.25) is 0 Å². The molecule has 2 aromatic heterocycles. The maximum atomic E-state index is 14.7. The molecule has 0 fully saturated rings. The second kappa shape index (κ2) is 9.44. The van der Waals surface area contributed by atoms with Gasteiger partial charge in [-0.3, -0.25) is 9.36 Å². The van der Waals surface area contributed by atoms with E-state index < -0.39 is 46.7 Å². The summed E-state index contributed by atoms with van der Waals surface area (Å²) in [6, 6.07) is 1.69. The molecule has 0 aliphatic carbocycles. The van der Waals surface area contributed by atoms with Gasteiger partial charge < -0.3 is 19.9 Å². The van der Waals surface area contributed by atoms with Crippen LogP contribution in [0.5, 0.6) is 17.4 Å². The van der Waals surface area contributed by atoms with Gasteiger partial charge in [0.25, 0.3) is 11.4 Å². The number of aromatic nitrogens is 4. The molecule has 2 heterocycles. The number of hydrogen-bond donors (Lipinski definition) is 1. The minimum Gasteiger partial charge on any atom is -0.466 e. The summed E-state index contributed by atoms with van der Waals surface area (Å²) in [5.41, 5.74) is 0.341. The van der Waals surface area contributed by atoms with Gasteiger partial charge in [0.05, 0.1) is 24.7 Å². The minimum absolute atomic E-state index is 0.156. The fraction of sp³-hybridized carbons (Fsp3) is 0.250. The van der Waals surface area contributed by atoms with E-state index in [4.69, 9.17) is 15.2 Å². The number of carbonyl (C=O) groups excluding carboxylic acids is 1. The number of carbonyl (C=O) groups is 1. The maximum Gasteiger partial charge on any atom is 0.431 e. The van der Waals surface area contributed by atoms with Crippen molar-refractivity contribution in [2.24, 2.45) is 7.05 Å². The molecule has 11 nitrogen and oxygen atoms in total. The number of nitrogens with two attached hydrogens (primary N) is 1. The van der Waals surface area contributed by atoms with Crippen LogP contribution in [0.3, 0.4) is 0 Å². The zero-order valence-corrected chi connectivity index (χ0v) is 18.3. The van der Waals surface area contributed by atoms with Gasteiger partial charge in [0.2, 0.25) is 5.75 Å². The predicted octanol–water partition coefficient (Wildman–Crippen LogP) is 1.80. The molecule has 0 saturated heterocycles. The van der Waals surface area contributed by atoms with E-state index in [1.807, 2.05) is 0 Å². The molecule has 1 atom stereocenters. The molecule has 2 N–H and O–H groups in total. The third-order valence-electron chi connectivity index (χ3n) is 4.62. The zero-order chi connectivity index (χ0) is 26.1. The Labute approximate surface area is 193 Å². The van der Waals surface area contributed by atoms with E-state index in [0.29, 0.717) is 6.07 Å². The van der Waals surface area contributed by atoms with Crippen LogP contribution in [0, 0.1) is 5.82 Å². The summed E-state index contributed by atoms with van der Waals surface area (Å²) in [5, 5.41) is 0. The molecule has 186 valence electrons. The highest BCUT2D eigenvalue weighted by atomic mass is 19.4. The number of hydrogen-bond acceptors (Lipinski definition) is 9. The average molecular weight is 499 g/mol. The highest BCUT2D eigenvalue weighted by molar-refractivity contribution is 5.74. The first-order chi connectivity index (χ1) is 16.3. The lowest BCUT2D eigenvalue weighted by atomic mass is 10.2. The van der Waals surface area contributed by atoms with Gasteiger partial charge in [-0.25, -0.2) is 23.5 Å². The van der Waals surface area contributed by atoms with Crippen LogP contribution in [0.25, 0.3) is 5.69 Å². The summed E-state index contributed by atoms with van der Waals surface area (Å²) in [5.74, 6) is -2.66. The molecule has 0 amide bonds. The summed E-state index contributed by atoms with van der Waals surface area (Å²) < 4.78 is 69.9. The molecule has 35 heavy (non-hydrogen) atoms. The van der Waals surface area contributed by atoms with E-state index >= 15 is 0 Å². The second-order valence-electron chi connectivity index (χ2n) is 6.96. The van der Waals surface area contributed by atoms with Crippen LogP contribution in [0.15, 0.2) is 40.3 Å². The Bertz CT molecular complexity index is 1400. The van der Waals surface area contributed by atoms with Gasteiger partial charge >= 0.3 is 17.8 Å². The summed E-state index contributed by atoms with van der Waals surface area (Å²) >= 11 is 0. The molecule has 0 saturated carbocycles. The van der Waals surface area contributed by atoms with Crippen LogP contribution in [-0.4, -0.2) is 38.3 Å². The number of anilines is 1. The number of rotatable bonds is 6. The smallest absolute Gasteiger partial charge is 0.431 e. The van der Waals surface area contributed by atoms with Gasteiger partial charge in [-0.05, 0) is 6.92 Å². The van der Waals surface area contributed by atoms with E-state index in [2.05, 4.69) is 14.7 Å². The first-order valence-electron chi connectivity index (χ1n) is 9.57. The van der Waals surface area contributed by atoms with Gasteiger partial charge in [0.15, 0.2) is 11.9 Å². The van der Waals surface area contributed by atoms with E-state index in [9.17, 15) is 31.9 Å². The van der Waals surface area contributed by atoms with Crippen LogP contribution in [0.1, 0.15) is 12.6 Å². The molecule has 0 bridgehead atoms. The highest BCUT2D eigenvalue weighted by Crippen LogP contribution is 2.35. The van der Waals surface area contributed by atoms with Gasteiger partial charge in [-0.1, -0.05) is 0 Å². The number of alkyl halides is 3. The minimum atomic E-state index is -4.99. The molecule has 1 unspecified atom stereocenters. The van der Waals surface area contributed by atoms with Crippen molar-refractivity contribution in [1.82, 2.24) is 19.1 Å². The van der Waals surface area contributed by atoms with Gasteiger partial charge in [0, 0.05) is 25.2 Å². The highest BCUT2D eigenvalue weighted by Gasteiger charge is 2.35. The predicted molar refractivity (Wildman–Crippen MR) is 111 cm³/mol. The van der Waals surface area contributed by atoms with Crippen molar-refractivity contribution in [3.63, 3.8) is 0 Å². The Morgan fingerprint density at radius 2 is 1.86 bits per heavy atom. The molecule has 0 spiro atoms. The first kappa shape index (κ1) is 25.2. The van der Waals surface area contributed by atoms with Gasteiger partial charge in [-0.2, -0.15) is 18.2 Å². The Hall–Kier alpha value is -4.43. The van der Waals surface area contributed by atoms with Crippen LogP contribution < -0.4 is 26.5 Å². The van der Waals surface area contributed by atoms with E-state index in [1.54, 1.807) is 0 Å². The number of nitrogen functional groups attached to an aromatic ring is 1. The van der Waals surface area contributed by atoms with Crippen molar-refractivity contribution < 1.29 is 36.6 Å². The number of methoxy groups -OCH3 is 1. The van der Waals surface area contributed by atoms with E-state index in [1.165, 1.54) is 6.92 Å². The molecule has 15 heteroatoms. The summed E-state index contributed by atoms with van der Waals surface area (Å²) in [6.45, 7) is 1.37. The number of benzene rings is 1. The number of ether oxygens (including phenoxy) is 3. The third kappa shape index (κ3) is 5.07. The first-order valence-corrected chi connectivity index (χ1v) is 9.57.